The Balaban J connectivity index is 1.89. The molecule has 0 aromatic carbocycles. The van der Waals surface area contributed by atoms with Gasteiger partial charge in [-0.15, -0.1) is 0 Å². The number of likely N-dealkylation sites (tertiary alicyclic amines) is 1. The summed E-state index contributed by atoms with van der Waals surface area (Å²) in [6, 6.07) is 2.05. The minimum Gasteiger partial charge on any atom is -0.370 e. The topological polar surface area (TPSA) is 28.2 Å². The molecule has 0 spiro atoms. The minimum absolute atomic E-state index is 0.300. The highest BCUT2D eigenvalue weighted by Crippen LogP contribution is 2.30. The third-order valence-electron chi connectivity index (χ3n) is 3.50. The number of nitrogens with one attached hydrogen (secondary N) is 1. The van der Waals surface area contributed by atoms with Crippen LogP contribution in [0, 0.1) is 5.92 Å². The van der Waals surface area contributed by atoms with Gasteiger partial charge in [-0.2, -0.15) is 13.2 Å². The van der Waals surface area contributed by atoms with Gasteiger partial charge < -0.3 is 10.2 Å². The summed E-state index contributed by atoms with van der Waals surface area (Å²) in [7, 11) is 2.08. The van der Waals surface area contributed by atoms with E-state index in [1.807, 2.05) is 0 Å². The maximum absolute atomic E-state index is 12.5. The maximum Gasteiger partial charge on any atom is 0.416 e. The van der Waals surface area contributed by atoms with Crippen LogP contribution in [0.25, 0.3) is 0 Å². The Morgan fingerprint density at radius 1 is 1.37 bits per heavy atom. The fourth-order valence-electron chi connectivity index (χ4n) is 2.22. The number of aromatic nitrogens is 1. The second-order valence-corrected chi connectivity index (χ2v) is 5.06. The van der Waals surface area contributed by atoms with E-state index in [4.69, 9.17) is 0 Å². The van der Waals surface area contributed by atoms with Gasteiger partial charge in [0.2, 0.25) is 0 Å². The molecule has 1 aliphatic rings. The second-order valence-electron chi connectivity index (χ2n) is 5.06. The van der Waals surface area contributed by atoms with E-state index in [2.05, 4.69) is 22.2 Å². The zero-order chi connectivity index (χ0) is 13.9. The zero-order valence-corrected chi connectivity index (χ0v) is 10.9. The van der Waals surface area contributed by atoms with E-state index in [1.165, 1.54) is 6.20 Å². The van der Waals surface area contributed by atoms with Crippen LogP contribution >= 0.6 is 0 Å². The molecule has 0 saturated carbocycles. The number of hydrogen-bond acceptors (Lipinski definition) is 3. The van der Waals surface area contributed by atoms with Crippen molar-refractivity contribution in [1.82, 2.24) is 9.88 Å². The molecule has 0 atom stereocenters. The average Bonchev–Trinajstić information content (AvgIpc) is 2.37. The smallest absolute Gasteiger partial charge is 0.370 e. The normalized spacial score (nSPS) is 18.5. The lowest BCUT2D eigenvalue weighted by atomic mass is 9.97. The van der Waals surface area contributed by atoms with Crippen LogP contribution in [-0.4, -0.2) is 36.6 Å². The first-order chi connectivity index (χ1) is 8.95. The van der Waals surface area contributed by atoms with Gasteiger partial charge in [0.1, 0.15) is 5.82 Å². The van der Waals surface area contributed by atoms with Crippen LogP contribution in [0.5, 0.6) is 0 Å². The van der Waals surface area contributed by atoms with Crippen LogP contribution < -0.4 is 5.32 Å². The Hall–Kier alpha value is -1.30. The molecule has 0 unspecified atom stereocenters. The molecule has 19 heavy (non-hydrogen) atoms. The van der Waals surface area contributed by atoms with Gasteiger partial charge in [-0.25, -0.2) is 4.98 Å². The lowest BCUT2D eigenvalue weighted by molar-refractivity contribution is -0.137. The molecule has 1 N–H and O–H groups in total. The molecule has 3 nitrogen and oxygen atoms in total. The monoisotopic (exact) mass is 273 g/mol. The second kappa shape index (κ2) is 5.77. The summed E-state index contributed by atoms with van der Waals surface area (Å²) in [6.45, 7) is 2.77. The van der Waals surface area contributed by atoms with Crippen molar-refractivity contribution in [2.45, 2.75) is 19.0 Å². The van der Waals surface area contributed by atoms with Crippen LogP contribution in [0.1, 0.15) is 18.4 Å². The van der Waals surface area contributed by atoms with Crippen molar-refractivity contribution in [2.75, 3.05) is 32.0 Å². The number of alkyl halides is 3. The first-order valence-corrected chi connectivity index (χ1v) is 6.41. The fourth-order valence-corrected chi connectivity index (χ4v) is 2.22. The van der Waals surface area contributed by atoms with Crippen LogP contribution in [0.3, 0.4) is 0 Å². The van der Waals surface area contributed by atoms with E-state index in [9.17, 15) is 13.2 Å². The van der Waals surface area contributed by atoms with Crippen molar-refractivity contribution >= 4 is 5.82 Å². The van der Waals surface area contributed by atoms with Crippen LogP contribution in [0.15, 0.2) is 18.3 Å². The molecule has 0 radical (unpaired) electrons. The lowest BCUT2D eigenvalue weighted by Crippen LogP contribution is -2.33. The third-order valence-corrected chi connectivity index (χ3v) is 3.50. The van der Waals surface area contributed by atoms with E-state index in [0.29, 0.717) is 18.3 Å². The summed E-state index contributed by atoms with van der Waals surface area (Å²) in [4.78, 5) is 6.19. The molecule has 1 aromatic heterocycles. The predicted molar refractivity (Wildman–Crippen MR) is 67.9 cm³/mol. The highest BCUT2D eigenvalue weighted by Gasteiger charge is 2.30. The molecule has 2 rings (SSSR count). The summed E-state index contributed by atoms with van der Waals surface area (Å²) < 4.78 is 37.6. The van der Waals surface area contributed by atoms with Crippen molar-refractivity contribution in [1.29, 1.82) is 0 Å². The maximum atomic E-state index is 12.5. The average molecular weight is 273 g/mol. The first-order valence-electron chi connectivity index (χ1n) is 6.41. The predicted octanol–water partition coefficient (Wildman–Crippen LogP) is 2.85. The van der Waals surface area contributed by atoms with Crippen molar-refractivity contribution in [3.63, 3.8) is 0 Å². The summed E-state index contributed by atoms with van der Waals surface area (Å²) in [5.41, 5.74) is -0.659. The van der Waals surface area contributed by atoms with Gasteiger partial charge in [0.05, 0.1) is 5.56 Å². The zero-order valence-electron chi connectivity index (χ0n) is 10.9. The number of rotatable bonds is 3. The van der Waals surface area contributed by atoms with E-state index in [1.54, 1.807) is 0 Å². The summed E-state index contributed by atoms with van der Waals surface area (Å²) >= 11 is 0. The van der Waals surface area contributed by atoms with Gasteiger partial charge >= 0.3 is 6.18 Å². The molecule has 0 bridgehead atoms. The van der Waals surface area contributed by atoms with Gasteiger partial charge in [-0.05, 0) is 51.0 Å². The highest BCUT2D eigenvalue weighted by molar-refractivity contribution is 5.38. The third kappa shape index (κ3) is 4.09. The van der Waals surface area contributed by atoms with E-state index < -0.39 is 11.7 Å². The summed E-state index contributed by atoms with van der Waals surface area (Å²) in [5, 5.41) is 3.01. The molecule has 1 fully saturated rings. The molecular weight excluding hydrogens is 255 g/mol. The standard InChI is InChI=1S/C13H18F3N3/c1-19-6-3-10(4-7-19)9-18-12-8-11(2-5-17-12)13(14,15)16/h2,5,8,10H,3-4,6-7,9H2,1H3,(H,17,18). The van der Waals surface area contributed by atoms with Crippen LogP contribution in [0.4, 0.5) is 19.0 Å². The molecule has 0 amide bonds. The number of halogens is 3. The minimum atomic E-state index is -4.31. The van der Waals surface area contributed by atoms with Crippen molar-refractivity contribution in [3.05, 3.63) is 23.9 Å². The number of anilines is 1. The molecule has 1 aromatic rings. The van der Waals surface area contributed by atoms with Gasteiger partial charge in [0.15, 0.2) is 0 Å². The molecular formula is C13H18F3N3. The molecule has 106 valence electrons. The SMILES string of the molecule is CN1CCC(CNc2cc(C(F)(F)F)ccn2)CC1. The molecule has 6 heteroatoms. The quantitative estimate of drug-likeness (QED) is 0.918. The van der Waals surface area contributed by atoms with Crippen molar-refractivity contribution in [2.24, 2.45) is 5.92 Å². The van der Waals surface area contributed by atoms with Gasteiger partial charge in [-0.1, -0.05) is 0 Å². The highest BCUT2D eigenvalue weighted by atomic mass is 19.4. The lowest BCUT2D eigenvalue weighted by Gasteiger charge is -2.29. The Bertz CT molecular complexity index is 412. The Labute approximate surface area is 110 Å². The number of nitrogens with zero attached hydrogens (tertiary/aromatic N) is 2. The van der Waals surface area contributed by atoms with Crippen molar-refractivity contribution in [3.8, 4) is 0 Å². The Morgan fingerprint density at radius 3 is 2.68 bits per heavy atom. The van der Waals surface area contributed by atoms with Crippen molar-refractivity contribution < 1.29 is 13.2 Å². The van der Waals surface area contributed by atoms with Crippen LogP contribution in [0.2, 0.25) is 0 Å². The van der Waals surface area contributed by atoms with Gasteiger partial charge in [0.25, 0.3) is 0 Å². The Morgan fingerprint density at radius 2 is 2.05 bits per heavy atom. The largest absolute Gasteiger partial charge is 0.416 e. The Kier molecular flexibility index (Phi) is 4.29. The van der Waals surface area contributed by atoms with E-state index >= 15 is 0 Å². The molecule has 2 heterocycles. The molecule has 1 saturated heterocycles. The number of hydrogen-bond donors (Lipinski definition) is 1. The summed E-state index contributed by atoms with van der Waals surface area (Å²) in [5.74, 6) is 0.807. The number of piperidine rings is 1. The van der Waals surface area contributed by atoms with Crippen LogP contribution in [-0.2, 0) is 6.18 Å². The molecule has 0 aliphatic carbocycles. The van der Waals surface area contributed by atoms with E-state index in [-0.39, 0.29) is 0 Å². The van der Waals surface area contributed by atoms with Gasteiger partial charge in [-0.3, -0.25) is 0 Å². The first kappa shape index (κ1) is 14.1. The van der Waals surface area contributed by atoms with Gasteiger partial charge in [0, 0.05) is 12.7 Å². The fraction of sp³-hybridized carbons (Fsp3) is 0.615. The summed E-state index contributed by atoms with van der Waals surface area (Å²) in [6.07, 6.45) is -0.975. The molecule has 1 aliphatic heterocycles. The number of pyridine rings is 1. The van der Waals surface area contributed by atoms with E-state index in [0.717, 1.165) is 38.1 Å².